The summed E-state index contributed by atoms with van der Waals surface area (Å²) in [4.78, 5) is 0. The zero-order valence-corrected chi connectivity index (χ0v) is 15.8. The number of methoxy groups -OCH3 is 2. The predicted octanol–water partition coefficient (Wildman–Crippen LogP) is 6.11. The quantitative estimate of drug-likeness (QED) is 0.497. The Morgan fingerprint density at radius 1 is 1.00 bits per heavy atom. The number of hydrogen-bond acceptors (Lipinski definition) is 4. The molecule has 0 N–H and O–H groups in total. The van der Waals surface area contributed by atoms with Crippen LogP contribution in [0.1, 0.15) is 12.0 Å². The Hall–Kier alpha value is -2.09. The number of hydrogen-bond donors (Lipinski definition) is 0. The van der Waals surface area contributed by atoms with E-state index in [1.807, 2.05) is 0 Å². The monoisotopic (exact) mass is 430 g/mol. The van der Waals surface area contributed by atoms with Crippen LogP contribution in [0.5, 0.6) is 11.5 Å². The van der Waals surface area contributed by atoms with Crippen molar-refractivity contribution in [2.24, 2.45) is 10.2 Å². The van der Waals surface area contributed by atoms with Gasteiger partial charge in [-0.25, -0.2) is 0 Å². The summed E-state index contributed by atoms with van der Waals surface area (Å²) >= 11 is 3.29. The van der Waals surface area contributed by atoms with E-state index in [9.17, 15) is 13.2 Å². The van der Waals surface area contributed by atoms with Crippen LogP contribution in [0.3, 0.4) is 0 Å². The topological polar surface area (TPSA) is 43.2 Å². The number of nitrogens with zero attached hydrogens (tertiary/aromatic N) is 2. The number of rotatable bonds is 7. The standard InChI is InChI=1S/C18H18BrF3N2O2/c1-25-16-8-3-12(10-17(16)26-2)9-15(11-18(20,21)22)24-23-14-6-4-13(19)5-7-14/h3-8,10,15H,9,11H2,1-2H3. The Bertz CT molecular complexity index is 749. The van der Waals surface area contributed by atoms with Gasteiger partial charge in [-0.15, -0.1) is 0 Å². The lowest BCUT2D eigenvalue weighted by molar-refractivity contribution is -0.138. The van der Waals surface area contributed by atoms with E-state index in [-0.39, 0.29) is 6.42 Å². The van der Waals surface area contributed by atoms with Gasteiger partial charge < -0.3 is 9.47 Å². The van der Waals surface area contributed by atoms with Crippen molar-refractivity contribution in [2.75, 3.05) is 14.2 Å². The molecule has 2 aromatic carbocycles. The van der Waals surface area contributed by atoms with E-state index in [4.69, 9.17) is 9.47 Å². The highest BCUT2D eigenvalue weighted by atomic mass is 79.9. The summed E-state index contributed by atoms with van der Waals surface area (Å²) in [5.74, 6) is 0.973. The number of alkyl halides is 3. The molecule has 140 valence electrons. The van der Waals surface area contributed by atoms with E-state index in [1.165, 1.54) is 14.2 Å². The normalized spacial score (nSPS) is 13.0. The molecular weight excluding hydrogens is 413 g/mol. The summed E-state index contributed by atoms with van der Waals surface area (Å²) < 4.78 is 49.9. The number of benzene rings is 2. The van der Waals surface area contributed by atoms with Crippen LogP contribution in [0.2, 0.25) is 0 Å². The van der Waals surface area contributed by atoms with Crippen molar-refractivity contribution >= 4 is 21.6 Å². The van der Waals surface area contributed by atoms with E-state index < -0.39 is 18.6 Å². The van der Waals surface area contributed by atoms with Crippen molar-refractivity contribution in [1.82, 2.24) is 0 Å². The zero-order chi connectivity index (χ0) is 19.2. The second-order valence-electron chi connectivity index (χ2n) is 5.56. The molecule has 0 aromatic heterocycles. The van der Waals surface area contributed by atoms with Crippen molar-refractivity contribution in [1.29, 1.82) is 0 Å². The number of ether oxygens (including phenoxy) is 2. The molecule has 0 saturated carbocycles. The average molecular weight is 431 g/mol. The SMILES string of the molecule is COc1ccc(CC(CC(F)(F)F)N=Nc2ccc(Br)cc2)cc1OC. The fraction of sp³-hybridized carbons (Fsp3) is 0.333. The molecule has 8 heteroatoms. The third kappa shape index (κ3) is 6.33. The molecule has 1 unspecified atom stereocenters. The minimum atomic E-state index is -4.33. The maximum Gasteiger partial charge on any atom is 0.391 e. The number of azo groups is 1. The largest absolute Gasteiger partial charge is 0.493 e. The summed E-state index contributed by atoms with van der Waals surface area (Å²) in [6, 6.07) is 10.8. The molecule has 2 aromatic rings. The Balaban J connectivity index is 2.20. The first-order valence-electron chi connectivity index (χ1n) is 7.75. The fourth-order valence-electron chi connectivity index (χ4n) is 2.36. The molecule has 0 bridgehead atoms. The molecule has 0 aliphatic carbocycles. The van der Waals surface area contributed by atoms with Crippen molar-refractivity contribution in [3.63, 3.8) is 0 Å². The molecule has 0 heterocycles. The van der Waals surface area contributed by atoms with Gasteiger partial charge in [-0.1, -0.05) is 22.0 Å². The van der Waals surface area contributed by atoms with Crippen molar-refractivity contribution < 1.29 is 22.6 Å². The highest BCUT2D eigenvalue weighted by Gasteiger charge is 2.32. The summed E-state index contributed by atoms with van der Waals surface area (Å²) in [6.45, 7) is 0. The summed E-state index contributed by atoms with van der Waals surface area (Å²) in [7, 11) is 2.97. The summed E-state index contributed by atoms with van der Waals surface area (Å²) in [5.41, 5.74) is 1.15. The first kappa shape index (κ1) is 20.2. The smallest absolute Gasteiger partial charge is 0.391 e. The van der Waals surface area contributed by atoms with Crippen LogP contribution in [0.25, 0.3) is 0 Å². The molecular formula is C18H18BrF3N2O2. The van der Waals surface area contributed by atoms with Crippen LogP contribution in [-0.2, 0) is 6.42 Å². The third-order valence-corrected chi connectivity index (χ3v) is 4.08. The molecule has 2 rings (SSSR count). The van der Waals surface area contributed by atoms with Gasteiger partial charge in [0.05, 0.1) is 32.4 Å². The molecule has 0 fully saturated rings. The van der Waals surface area contributed by atoms with Crippen molar-refractivity contribution in [3.05, 3.63) is 52.5 Å². The minimum absolute atomic E-state index is 0.0832. The molecule has 0 saturated heterocycles. The first-order valence-corrected chi connectivity index (χ1v) is 8.54. The molecule has 4 nitrogen and oxygen atoms in total. The lowest BCUT2D eigenvalue weighted by Gasteiger charge is -2.15. The van der Waals surface area contributed by atoms with Gasteiger partial charge in [0.15, 0.2) is 11.5 Å². The van der Waals surface area contributed by atoms with Gasteiger partial charge in [0.2, 0.25) is 0 Å². The predicted molar refractivity (Wildman–Crippen MR) is 96.4 cm³/mol. The second kappa shape index (κ2) is 9.02. The maximum absolute atomic E-state index is 12.9. The molecule has 0 aliphatic rings. The van der Waals surface area contributed by atoms with E-state index in [0.29, 0.717) is 22.7 Å². The van der Waals surface area contributed by atoms with Crippen molar-refractivity contribution in [2.45, 2.75) is 25.1 Å². The Morgan fingerprint density at radius 3 is 2.23 bits per heavy atom. The van der Waals surface area contributed by atoms with Crippen LogP contribution in [0.4, 0.5) is 18.9 Å². The molecule has 26 heavy (non-hydrogen) atoms. The lowest BCUT2D eigenvalue weighted by Crippen LogP contribution is -2.19. The summed E-state index contributed by atoms with van der Waals surface area (Å²) in [5, 5.41) is 7.87. The Kier molecular flexibility index (Phi) is 7.02. The highest BCUT2D eigenvalue weighted by molar-refractivity contribution is 9.10. The number of halogens is 4. The van der Waals surface area contributed by atoms with Crippen LogP contribution in [0.15, 0.2) is 57.2 Å². The average Bonchev–Trinajstić information content (AvgIpc) is 2.59. The van der Waals surface area contributed by atoms with Crippen molar-refractivity contribution in [3.8, 4) is 11.5 Å². The van der Waals surface area contributed by atoms with Gasteiger partial charge in [0.25, 0.3) is 0 Å². The van der Waals surface area contributed by atoms with Crippen LogP contribution in [-0.4, -0.2) is 26.4 Å². The molecule has 1 atom stereocenters. The van der Waals surface area contributed by atoms with Gasteiger partial charge >= 0.3 is 6.18 Å². The van der Waals surface area contributed by atoms with Gasteiger partial charge in [-0.05, 0) is 48.4 Å². The van der Waals surface area contributed by atoms with Crippen LogP contribution < -0.4 is 9.47 Å². The second-order valence-corrected chi connectivity index (χ2v) is 6.47. The van der Waals surface area contributed by atoms with E-state index in [2.05, 4.69) is 26.2 Å². The van der Waals surface area contributed by atoms with Gasteiger partial charge in [0, 0.05) is 4.47 Å². The molecule has 0 aliphatic heterocycles. The fourth-order valence-corrected chi connectivity index (χ4v) is 2.62. The van der Waals surface area contributed by atoms with E-state index in [0.717, 1.165) is 4.47 Å². The van der Waals surface area contributed by atoms with Crippen LogP contribution in [0, 0.1) is 0 Å². The summed E-state index contributed by atoms with van der Waals surface area (Å²) in [6.07, 6.45) is -5.30. The molecule has 0 spiro atoms. The molecule has 0 radical (unpaired) electrons. The Labute approximate surface area is 158 Å². The van der Waals surface area contributed by atoms with Gasteiger partial charge in [-0.2, -0.15) is 23.4 Å². The minimum Gasteiger partial charge on any atom is -0.493 e. The Morgan fingerprint density at radius 2 is 1.65 bits per heavy atom. The first-order chi connectivity index (χ1) is 12.3. The maximum atomic E-state index is 12.9. The van der Waals surface area contributed by atoms with Gasteiger partial charge in [0.1, 0.15) is 0 Å². The zero-order valence-electron chi connectivity index (χ0n) is 14.3. The third-order valence-electron chi connectivity index (χ3n) is 3.55. The van der Waals surface area contributed by atoms with Gasteiger partial charge in [-0.3, -0.25) is 0 Å². The van der Waals surface area contributed by atoms with E-state index >= 15 is 0 Å². The molecule has 0 amide bonds. The lowest BCUT2D eigenvalue weighted by atomic mass is 10.0. The van der Waals surface area contributed by atoms with E-state index in [1.54, 1.807) is 42.5 Å². The van der Waals surface area contributed by atoms with Crippen LogP contribution >= 0.6 is 15.9 Å². The highest BCUT2D eigenvalue weighted by Crippen LogP contribution is 2.30.